The van der Waals surface area contributed by atoms with E-state index in [-0.39, 0.29) is 5.91 Å². The molecule has 5 heteroatoms. The standard InChI is InChI=1S/C21H18N2O3/c1-2-23(14-17-9-6-12-25-17)21(24)16-10-11-19-18(13-16)20(26-22-19)15-7-4-3-5-8-15/h3-13H,2,14H2,1H3. The van der Waals surface area contributed by atoms with E-state index < -0.39 is 0 Å². The van der Waals surface area contributed by atoms with Gasteiger partial charge in [0.1, 0.15) is 11.3 Å². The van der Waals surface area contributed by atoms with E-state index in [1.54, 1.807) is 17.2 Å². The molecule has 4 aromatic rings. The smallest absolute Gasteiger partial charge is 0.254 e. The van der Waals surface area contributed by atoms with Gasteiger partial charge in [0.15, 0.2) is 5.76 Å². The Balaban J connectivity index is 1.69. The number of carbonyl (C=O) groups excluding carboxylic acids is 1. The Morgan fingerprint density at radius 1 is 1.08 bits per heavy atom. The summed E-state index contributed by atoms with van der Waals surface area (Å²) in [4.78, 5) is 14.7. The second kappa shape index (κ2) is 6.88. The number of fused-ring (bicyclic) bond motifs is 1. The Bertz CT molecular complexity index is 1020. The fraction of sp³-hybridized carbons (Fsp3) is 0.143. The Kier molecular flexibility index (Phi) is 4.27. The molecule has 0 aliphatic carbocycles. The van der Waals surface area contributed by atoms with Gasteiger partial charge in [-0.05, 0) is 37.3 Å². The van der Waals surface area contributed by atoms with Crippen LogP contribution in [-0.2, 0) is 6.54 Å². The van der Waals surface area contributed by atoms with Crippen molar-refractivity contribution in [3.8, 4) is 11.3 Å². The van der Waals surface area contributed by atoms with Crippen molar-refractivity contribution in [1.82, 2.24) is 10.1 Å². The number of hydrogen-bond donors (Lipinski definition) is 0. The maximum absolute atomic E-state index is 12.9. The first-order valence-electron chi connectivity index (χ1n) is 8.53. The van der Waals surface area contributed by atoms with Crippen LogP contribution in [-0.4, -0.2) is 22.5 Å². The molecule has 4 rings (SSSR count). The summed E-state index contributed by atoms with van der Waals surface area (Å²) in [6.45, 7) is 2.98. The third-order valence-corrected chi connectivity index (χ3v) is 4.36. The highest BCUT2D eigenvalue weighted by molar-refractivity contribution is 6.00. The molecule has 0 spiro atoms. The molecule has 0 aliphatic rings. The van der Waals surface area contributed by atoms with Gasteiger partial charge in [-0.1, -0.05) is 35.5 Å². The Labute approximate surface area is 150 Å². The van der Waals surface area contributed by atoms with Crippen LogP contribution in [0.2, 0.25) is 0 Å². The number of carbonyl (C=O) groups is 1. The highest BCUT2D eigenvalue weighted by Crippen LogP contribution is 2.29. The maximum atomic E-state index is 12.9. The highest BCUT2D eigenvalue weighted by Gasteiger charge is 2.18. The number of furan rings is 1. The molecule has 0 radical (unpaired) electrons. The van der Waals surface area contributed by atoms with Gasteiger partial charge in [-0.3, -0.25) is 4.79 Å². The lowest BCUT2D eigenvalue weighted by atomic mass is 10.1. The van der Waals surface area contributed by atoms with Gasteiger partial charge < -0.3 is 13.8 Å². The molecule has 26 heavy (non-hydrogen) atoms. The molecular weight excluding hydrogens is 328 g/mol. The molecule has 0 saturated carbocycles. The maximum Gasteiger partial charge on any atom is 0.254 e. The Morgan fingerprint density at radius 2 is 1.92 bits per heavy atom. The number of hydrogen-bond acceptors (Lipinski definition) is 4. The van der Waals surface area contributed by atoms with E-state index in [4.69, 9.17) is 8.94 Å². The summed E-state index contributed by atoms with van der Waals surface area (Å²) in [5.41, 5.74) is 2.27. The highest BCUT2D eigenvalue weighted by atomic mass is 16.5. The van der Waals surface area contributed by atoms with E-state index in [1.807, 2.05) is 61.5 Å². The predicted octanol–water partition coefficient (Wildman–Crippen LogP) is 4.75. The van der Waals surface area contributed by atoms with E-state index >= 15 is 0 Å². The minimum atomic E-state index is -0.0500. The number of nitrogens with zero attached hydrogens (tertiary/aromatic N) is 2. The normalized spacial score (nSPS) is 11.0. The van der Waals surface area contributed by atoms with Crippen LogP contribution in [0.5, 0.6) is 0 Å². The molecule has 5 nitrogen and oxygen atoms in total. The van der Waals surface area contributed by atoms with Crippen LogP contribution < -0.4 is 0 Å². The summed E-state index contributed by atoms with van der Waals surface area (Å²) in [7, 11) is 0. The van der Waals surface area contributed by atoms with Crippen LogP contribution in [0.1, 0.15) is 23.0 Å². The predicted molar refractivity (Wildman–Crippen MR) is 98.6 cm³/mol. The zero-order chi connectivity index (χ0) is 17.9. The minimum Gasteiger partial charge on any atom is -0.467 e. The zero-order valence-electron chi connectivity index (χ0n) is 14.4. The number of amides is 1. The van der Waals surface area contributed by atoms with Crippen molar-refractivity contribution >= 4 is 16.8 Å². The van der Waals surface area contributed by atoms with Gasteiger partial charge in [-0.2, -0.15) is 0 Å². The van der Waals surface area contributed by atoms with Crippen LogP contribution in [0.3, 0.4) is 0 Å². The zero-order valence-corrected chi connectivity index (χ0v) is 14.4. The van der Waals surface area contributed by atoms with E-state index in [0.717, 1.165) is 22.2 Å². The summed E-state index contributed by atoms with van der Waals surface area (Å²) in [6.07, 6.45) is 1.61. The van der Waals surface area contributed by atoms with Crippen molar-refractivity contribution in [3.63, 3.8) is 0 Å². The Morgan fingerprint density at radius 3 is 2.65 bits per heavy atom. The van der Waals surface area contributed by atoms with Gasteiger partial charge in [0.2, 0.25) is 0 Å². The number of rotatable bonds is 5. The molecule has 1 amide bonds. The number of benzene rings is 2. The molecule has 2 aromatic heterocycles. The molecule has 130 valence electrons. The summed E-state index contributed by atoms with van der Waals surface area (Å²) in [5, 5.41) is 4.94. The van der Waals surface area contributed by atoms with Gasteiger partial charge >= 0.3 is 0 Å². The second-order valence-corrected chi connectivity index (χ2v) is 6.01. The minimum absolute atomic E-state index is 0.0500. The van der Waals surface area contributed by atoms with Crippen molar-refractivity contribution in [2.45, 2.75) is 13.5 Å². The third-order valence-electron chi connectivity index (χ3n) is 4.36. The van der Waals surface area contributed by atoms with E-state index in [2.05, 4.69) is 5.16 Å². The lowest BCUT2D eigenvalue weighted by Crippen LogP contribution is -2.30. The van der Waals surface area contributed by atoms with Crippen molar-refractivity contribution < 1.29 is 13.7 Å². The number of aromatic nitrogens is 1. The van der Waals surface area contributed by atoms with Gasteiger partial charge in [0.25, 0.3) is 5.91 Å². The van der Waals surface area contributed by atoms with Crippen LogP contribution in [0.15, 0.2) is 75.9 Å². The molecule has 0 unspecified atom stereocenters. The molecule has 0 N–H and O–H groups in total. The van der Waals surface area contributed by atoms with Gasteiger partial charge in [0, 0.05) is 17.7 Å². The summed E-state index contributed by atoms with van der Waals surface area (Å²) in [6, 6.07) is 18.9. The fourth-order valence-electron chi connectivity index (χ4n) is 2.97. The molecule has 0 saturated heterocycles. The van der Waals surface area contributed by atoms with Crippen LogP contribution in [0.4, 0.5) is 0 Å². The lowest BCUT2D eigenvalue weighted by molar-refractivity contribution is 0.0741. The van der Waals surface area contributed by atoms with Crippen molar-refractivity contribution in [2.75, 3.05) is 6.54 Å². The molecule has 0 bridgehead atoms. The summed E-state index contributed by atoms with van der Waals surface area (Å²) in [5.74, 6) is 1.38. The first-order valence-corrected chi connectivity index (χ1v) is 8.53. The van der Waals surface area contributed by atoms with Gasteiger partial charge in [0.05, 0.1) is 18.2 Å². The lowest BCUT2D eigenvalue weighted by Gasteiger charge is -2.19. The van der Waals surface area contributed by atoms with Crippen molar-refractivity contribution in [3.05, 3.63) is 78.3 Å². The molecule has 0 aliphatic heterocycles. The average Bonchev–Trinajstić information content (AvgIpc) is 3.35. The van der Waals surface area contributed by atoms with Gasteiger partial charge in [-0.25, -0.2) is 0 Å². The monoisotopic (exact) mass is 346 g/mol. The first kappa shape index (κ1) is 16.1. The molecular formula is C21H18N2O3. The van der Waals surface area contributed by atoms with Gasteiger partial charge in [-0.15, -0.1) is 0 Å². The largest absolute Gasteiger partial charge is 0.467 e. The second-order valence-electron chi connectivity index (χ2n) is 6.01. The van der Waals surface area contributed by atoms with Crippen molar-refractivity contribution in [2.24, 2.45) is 0 Å². The van der Waals surface area contributed by atoms with Crippen LogP contribution in [0, 0.1) is 0 Å². The fourth-order valence-corrected chi connectivity index (χ4v) is 2.97. The quantitative estimate of drug-likeness (QED) is 0.523. The average molecular weight is 346 g/mol. The summed E-state index contributed by atoms with van der Waals surface area (Å²) < 4.78 is 10.9. The van der Waals surface area contributed by atoms with Crippen LogP contribution in [0.25, 0.3) is 22.2 Å². The third kappa shape index (κ3) is 2.99. The molecule has 0 fully saturated rings. The molecule has 2 aromatic carbocycles. The van der Waals surface area contributed by atoms with E-state index in [1.165, 1.54) is 0 Å². The van der Waals surface area contributed by atoms with Crippen LogP contribution >= 0.6 is 0 Å². The SMILES string of the molecule is CCN(Cc1ccco1)C(=O)c1ccc2noc(-c3ccccc3)c2c1. The molecule has 2 heterocycles. The van der Waals surface area contributed by atoms with Crippen molar-refractivity contribution in [1.29, 1.82) is 0 Å². The molecule has 0 atom stereocenters. The first-order chi connectivity index (χ1) is 12.8. The Hall–Kier alpha value is -3.34. The van der Waals surface area contributed by atoms with E-state index in [9.17, 15) is 4.79 Å². The van der Waals surface area contributed by atoms with E-state index in [0.29, 0.717) is 24.4 Å². The summed E-state index contributed by atoms with van der Waals surface area (Å²) >= 11 is 0. The topological polar surface area (TPSA) is 59.5 Å².